The van der Waals surface area contributed by atoms with E-state index in [0.717, 1.165) is 35.5 Å². The normalized spacial score (nSPS) is 15.2. The summed E-state index contributed by atoms with van der Waals surface area (Å²) >= 11 is 0. The van der Waals surface area contributed by atoms with E-state index < -0.39 is 5.41 Å². The number of benzene rings is 9. The predicted octanol–water partition coefficient (Wildman–Crippen LogP) is 15.3. The lowest BCUT2D eigenvalue weighted by atomic mass is 9.66. The number of rotatable bonds is 5. The quantitative estimate of drug-likeness (QED) is 0.173. The molecule has 2 aliphatic carbocycles. The minimum atomic E-state index is -0.538. The summed E-state index contributed by atoms with van der Waals surface area (Å²) in [5.41, 5.74) is 18.4. The van der Waals surface area contributed by atoms with Crippen molar-refractivity contribution in [2.45, 2.75) is 43.4 Å². The highest BCUT2D eigenvalue weighted by molar-refractivity contribution is 6.08. The highest BCUT2D eigenvalue weighted by atomic mass is 16.5. The Morgan fingerprint density at radius 2 is 1.15 bits per heavy atom. The number of fused-ring (bicyclic) bond motifs is 17. The number of hydrogen-bond donors (Lipinski definition) is 0. The number of furan rings is 1. The van der Waals surface area contributed by atoms with Crippen molar-refractivity contribution in [2.75, 3.05) is 0 Å². The van der Waals surface area contributed by atoms with Gasteiger partial charge in [0.05, 0.1) is 5.41 Å². The minimum Gasteiger partial charge on any atom is -0.457 e. The lowest BCUT2D eigenvalue weighted by Crippen LogP contribution is -2.32. The summed E-state index contributed by atoms with van der Waals surface area (Å²) in [6.07, 6.45) is 1.88. The minimum absolute atomic E-state index is 0.0455. The number of ether oxygens (including phenoxy) is 1. The number of aryl methyl sites for hydroxylation is 1. The van der Waals surface area contributed by atoms with Gasteiger partial charge in [-0.15, -0.1) is 0 Å². The Morgan fingerprint density at radius 1 is 0.475 bits per heavy atom. The molecule has 0 amide bonds. The molecule has 1 aliphatic heterocycles. The van der Waals surface area contributed by atoms with E-state index >= 15 is 0 Å². The molecule has 0 saturated heterocycles. The zero-order valence-corrected chi connectivity index (χ0v) is 34.2. The van der Waals surface area contributed by atoms with Crippen LogP contribution in [0.4, 0.5) is 0 Å². The van der Waals surface area contributed by atoms with Crippen LogP contribution in [0.2, 0.25) is 0 Å². The second kappa shape index (κ2) is 12.7. The van der Waals surface area contributed by atoms with Gasteiger partial charge >= 0.3 is 0 Å². The lowest BCUT2D eigenvalue weighted by Gasteiger charge is -2.39. The fourth-order valence-corrected chi connectivity index (χ4v) is 11.7. The third-order valence-corrected chi connectivity index (χ3v) is 14.4. The molecule has 3 aliphatic rings. The molecule has 2 heteroatoms. The maximum absolute atomic E-state index is 6.69. The van der Waals surface area contributed by atoms with Crippen molar-refractivity contribution in [3.8, 4) is 33.8 Å². The van der Waals surface area contributed by atoms with Crippen LogP contribution in [-0.2, 0) is 17.3 Å². The summed E-state index contributed by atoms with van der Waals surface area (Å²) in [5.74, 6) is 1.92. The highest BCUT2D eigenvalue weighted by Crippen LogP contribution is 2.63. The summed E-state index contributed by atoms with van der Waals surface area (Å²) in [7, 11) is 0. The standard InChI is InChI=1S/C59H42O2/c1-58(2)46-19-7-5-16-41(46)42-31-27-36(34-51(42)58)26-30-39(43-18-13-25-55-57(43)44-17-6-10-22-52(44)60-55)38-29-32-47-45(35-38)56-40-15-4-3-14-37(40)28-33-50(56)59(47)48-20-8-11-23-53(48)61-54-24-12-9-21-49(54)59/h3-25,27-29,31-35,39H,26,30H2,1-2H3. The highest BCUT2D eigenvalue weighted by Gasteiger charge is 2.51. The van der Waals surface area contributed by atoms with E-state index in [1.807, 2.05) is 0 Å². The first-order valence-corrected chi connectivity index (χ1v) is 21.7. The lowest BCUT2D eigenvalue weighted by molar-refractivity contribution is 0.436. The molecule has 1 atom stereocenters. The van der Waals surface area contributed by atoms with Gasteiger partial charge in [-0.1, -0.05) is 178 Å². The molecule has 0 saturated carbocycles. The fraction of sp³-hybridized carbons (Fsp3) is 0.119. The second-order valence-electron chi connectivity index (χ2n) is 17.8. The molecule has 290 valence electrons. The topological polar surface area (TPSA) is 22.4 Å². The molecule has 2 heterocycles. The van der Waals surface area contributed by atoms with E-state index in [9.17, 15) is 0 Å². The zero-order chi connectivity index (χ0) is 40.5. The van der Waals surface area contributed by atoms with Crippen molar-refractivity contribution in [2.24, 2.45) is 0 Å². The Bertz CT molecular complexity index is 3410. The predicted molar refractivity (Wildman–Crippen MR) is 249 cm³/mol. The van der Waals surface area contributed by atoms with Gasteiger partial charge in [-0.2, -0.15) is 0 Å². The van der Waals surface area contributed by atoms with Crippen molar-refractivity contribution < 1.29 is 9.15 Å². The van der Waals surface area contributed by atoms with E-state index in [-0.39, 0.29) is 11.3 Å². The molecule has 13 rings (SSSR count). The summed E-state index contributed by atoms with van der Waals surface area (Å²) in [6, 6.07) is 69.7. The van der Waals surface area contributed by atoms with Gasteiger partial charge < -0.3 is 9.15 Å². The van der Waals surface area contributed by atoms with Crippen LogP contribution in [0.1, 0.15) is 76.3 Å². The second-order valence-corrected chi connectivity index (χ2v) is 17.8. The molecule has 0 N–H and O–H groups in total. The average Bonchev–Trinajstić information content (AvgIpc) is 3.91. The zero-order valence-electron chi connectivity index (χ0n) is 34.2. The Labute approximate surface area is 355 Å². The maximum Gasteiger partial charge on any atom is 0.135 e. The van der Waals surface area contributed by atoms with Crippen LogP contribution in [0.15, 0.2) is 192 Å². The van der Waals surface area contributed by atoms with Crippen molar-refractivity contribution in [1.82, 2.24) is 0 Å². The van der Waals surface area contributed by atoms with E-state index in [1.54, 1.807) is 0 Å². The van der Waals surface area contributed by atoms with Crippen LogP contribution in [0.5, 0.6) is 11.5 Å². The molecule has 0 bridgehead atoms. The van der Waals surface area contributed by atoms with Crippen molar-refractivity contribution in [1.29, 1.82) is 0 Å². The molecule has 2 nitrogen and oxygen atoms in total. The van der Waals surface area contributed by atoms with E-state index in [2.05, 4.69) is 202 Å². The Hall–Kier alpha value is -7.16. The smallest absolute Gasteiger partial charge is 0.135 e. The average molecular weight is 783 g/mol. The number of hydrogen-bond acceptors (Lipinski definition) is 2. The molecule has 1 spiro atoms. The maximum atomic E-state index is 6.69. The fourth-order valence-electron chi connectivity index (χ4n) is 11.7. The third-order valence-electron chi connectivity index (χ3n) is 14.4. The first-order chi connectivity index (χ1) is 30.0. The van der Waals surface area contributed by atoms with Crippen LogP contribution in [0.3, 0.4) is 0 Å². The van der Waals surface area contributed by atoms with Crippen LogP contribution in [0.25, 0.3) is 55.0 Å². The summed E-state index contributed by atoms with van der Waals surface area (Å²) in [5, 5.41) is 4.90. The van der Waals surface area contributed by atoms with Gasteiger partial charge in [0.15, 0.2) is 0 Å². The summed E-state index contributed by atoms with van der Waals surface area (Å²) in [4.78, 5) is 0. The van der Waals surface area contributed by atoms with E-state index in [0.29, 0.717) is 0 Å². The van der Waals surface area contributed by atoms with Crippen LogP contribution < -0.4 is 4.74 Å². The Balaban J connectivity index is 1.03. The molecule has 0 radical (unpaired) electrons. The van der Waals surface area contributed by atoms with Crippen molar-refractivity contribution in [3.63, 3.8) is 0 Å². The van der Waals surface area contributed by atoms with E-state index in [1.165, 1.54) is 93.9 Å². The Kier molecular flexibility index (Phi) is 7.21. The Morgan fingerprint density at radius 3 is 1.98 bits per heavy atom. The monoisotopic (exact) mass is 782 g/mol. The van der Waals surface area contributed by atoms with Gasteiger partial charge in [0, 0.05) is 33.2 Å². The number of para-hydroxylation sites is 3. The largest absolute Gasteiger partial charge is 0.457 e. The van der Waals surface area contributed by atoms with Crippen LogP contribution in [-0.4, -0.2) is 0 Å². The van der Waals surface area contributed by atoms with Crippen LogP contribution in [0, 0.1) is 0 Å². The van der Waals surface area contributed by atoms with Gasteiger partial charge in [0.25, 0.3) is 0 Å². The van der Waals surface area contributed by atoms with Crippen LogP contribution >= 0.6 is 0 Å². The molecular formula is C59H42O2. The molecule has 61 heavy (non-hydrogen) atoms. The molecule has 10 aromatic rings. The first kappa shape index (κ1) is 34.7. The van der Waals surface area contributed by atoms with Crippen molar-refractivity contribution >= 4 is 32.7 Å². The molecule has 1 unspecified atom stereocenters. The van der Waals surface area contributed by atoms with E-state index in [4.69, 9.17) is 9.15 Å². The van der Waals surface area contributed by atoms with Gasteiger partial charge in [-0.3, -0.25) is 0 Å². The summed E-state index contributed by atoms with van der Waals surface area (Å²) in [6.45, 7) is 4.76. The SMILES string of the molecule is CC1(C)c2ccccc2-c2ccc(CCC(c3ccc4c(c3)-c3c(ccc5ccccc35)C43c4ccccc4Oc4ccccc43)c3cccc4oc5ccccc5c34)cc21. The molecule has 1 aromatic heterocycles. The molecule has 0 fully saturated rings. The van der Waals surface area contributed by atoms with Gasteiger partial charge in [0.1, 0.15) is 22.7 Å². The van der Waals surface area contributed by atoms with Gasteiger partial charge in [-0.25, -0.2) is 0 Å². The van der Waals surface area contributed by atoms with Crippen molar-refractivity contribution in [3.05, 3.63) is 238 Å². The first-order valence-electron chi connectivity index (χ1n) is 21.7. The van der Waals surface area contributed by atoms with Gasteiger partial charge in [-0.05, 0) is 109 Å². The molecule has 9 aromatic carbocycles. The summed E-state index contributed by atoms with van der Waals surface area (Å²) < 4.78 is 13.2. The molecular weight excluding hydrogens is 741 g/mol. The van der Waals surface area contributed by atoms with Gasteiger partial charge in [0.2, 0.25) is 0 Å². The third kappa shape index (κ3) is 4.73.